The van der Waals surface area contributed by atoms with Gasteiger partial charge in [0.2, 0.25) is 5.88 Å². The van der Waals surface area contributed by atoms with Crippen LogP contribution < -0.4 is 15.5 Å². The largest absolute Gasteiger partial charge is 0.439 e. The highest BCUT2D eigenvalue weighted by molar-refractivity contribution is 5.98. The van der Waals surface area contributed by atoms with E-state index in [-0.39, 0.29) is 0 Å². The Kier molecular flexibility index (Phi) is 3.18. The van der Waals surface area contributed by atoms with E-state index in [9.17, 15) is 10.0 Å². The summed E-state index contributed by atoms with van der Waals surface area (Å²) in [6.07, 6.45) is 3.38. The third-order valence-electron chi connectivity index (χ3n) is 3.89. The molecule has 3 aromatic rings. The first kappa shape index (κ1) is 14.5. The van der Waals surface area contributed by atoms with Crippen LogP contribution in [0.4, 0.5) is 5.69 Å². The smallest absolute Gasteiger partial charge is 0.267 e. The Morgan fingerprint density at radius 3 is 3.04 bits per heavy atom. The molecule has 1 aromatic carbocycles. The number of hydrogen-bond acceptors (Lipinski definition) is 7. The summed E-state index contributed by atoms with van der Waals surface area (Å²) in [6.45, 7) is 1.85. The second kappa shape index (κ2) is 5.25. The molecule has 0 bridgehead atoms. The number of hydroxylamine groups is 1. The summed E-state index contributed by atoms with van der Waals surface area (Å²) in [5.41, 5.74) is 7.68. The zero-order valence-corrected chi connectivity index (χ0v) is 12.7. The van der Waals surface area contributed by atoms with E-state index in [0.717, 1.165) is 11.1 Å². The van der Waals surface area contributed by atoms with Crippen LogP contribution in [-0.4, -0.2) is 36.7 Å². The second-order valence-electron chi connectivity index (χ2n) is 5.57. The van der Waals surface area contributed by atoms with Crippen LogP contribution in [0.25, 0.3) is 5.78 Å². The Bertz CT molecular complexity index is 954. The van der Waals surface area contributed by atoms with E-state index in [0.29, 0.717) is 34.6 Å². The molecule has 9 nitrogen and oxygen atoms in total. The normalized spacial score (nSPS) is 17.2. The maximum atomic E-state index is 11.7. The fraction of sp³-hybridized carbons (Fsp3) is 0.200. The first-order valence-electron chi connectivity index (χ1n) is 7.29. The first-order chi connectivity index (χ1) is 11.5. The number of amides is 1. The van der Waals surface area contributed by atoms with Crippen LogP contribution in [0.1, 0.15) is 11.1 Å². The van der Waals surface area contributed by atoms with Gasteiger partial charge in [-0.15, -0.1) is 0 Å². The lowest BCUT2D eigenvalue weighted by atomic mass is 9.99. The Morgan fingerprint density at radius 1 is 1.38 bits per heavy atom. The van der Waals surface area contributed by atoms with Gasteiger partial charge in [0.05, 0.1) is 11.7 Å². The quantitative estimate of drug-likeness (QED) is 0.669. The molecular formula is C15H14N6O3. The van der Waals surface area contributed by atoms with Crippen molar-refractivity contribution in [1.82, 2.24) is 19.6 Å². The first-order valence-corrected chi connectivity index (χ1v) is 7.29. The van der Waals surface area contributed by atoms with Crippen molar-refractivity contribution in [2.75, 3.05) is 5.06 Å². The van der Waals surface area contributed by atoms with Crippen molar-refractivity contribution in [1.29, 1.82) is 0 Å². The lowest BCUT2D eigenvalue weighted by Crippen LogP contribution is -2.47. The van der Waals surface area contributed by atoms with Crippen molar-refractivity contribution in [3.05, 3.63) is 41.9 Å². The van der Waals surface area contributed by atoms with E-state index < -0.39 is 11.9 Å². The Labute approximate surface area is 136 Å². The topological polar surface area (TPSA) is 119 Å². The highest BCUT2D eigenvalue weighted by atomic mass is 16.5. The summed E-state index contributed by atoms with van der Waals surface area (Å²) >= 11 is 0. The number of anilines is 1. The molecule has 0 radical (unpaired) electrons. The van der Waals surface area contributed by atoms with Gasteiger partial charge in [-0.25, -0.2) is 4.98 Å². The molecule has 1 aliphatic heterocycles. The molecule has 9 heteroatoms. The molecule has 1 unspecified atom stereocenters. The molecule has 24 heavy (non-hydrogen) atoms. The van der Waals surface area contributed by atoms with Gasteiger partial charge in [-0.1, -0.05) is 0 Å². The monoisotopic (exact) mass is 326 g/mol. The number of hydrogen-bond donors (Lipinski definition) is 2. The zero-order valence-electron chi connectivity index (χ0n) is 12.7. The van der Waals surface area contributed by atoms with E-state index in [1.165, 1.54) is 10.8 Å². The standard InChI is InChI=1S/C15H14N6O3/c1-8-6-17-15-18-7-19-20(15)14(8)24-10-2-3-12-9(4-10)5-11(16)13(22)21(12)23/h2-4,6-7,11,23H,5,16H2,1H3. The zero-order chi connectivity index (χ0) is 16.8. The van der Waals surface area contributed by atoms with E-state index in [1.54, 1.807) is 24.4 Å². The molecule has 1 aliphatic rings. The molecule has 0 saturated carbocycles. The molecule has 0 fully saturated rings. The van der Waals surface area contributed by atoms with Crippen LogP contribution in [0.15, 0.2) is 30.7 Å². The minimum Gasteiger partial charge on any atom is -0.439 e. The maximum Gasteiger partial charge on any atom is 0.267 e. The van der Waals surface area contributed by atoms with Gasteiger partial charge in [-0.2, -0.15) is 19.7 Å². The summed E-state index contributed by atoms with van der Waals surface area (Å²) < 4.78 is 7.44. The molecule has 1 amide bonds. The molecule has 0 saturated heterocycles. The lowest BCUT2D eigenvalue weighted by Gasteiger charge is -2.27. The van der Waals surface area contributed by atoms with Crippen molar-refractivity contribution in [3.63, 3.8) is 0 Å². The van der Waals surface area contributed by atoms with E-state index in [4.69, 9.17) is 10.5 Å². The number of carbonyl (C=O) groups is 1. The molecule has 122 valence electrons. The molecule has 3 N–H and O–H groups in total. The van der Waals surface area contributed by atoms with Crippen molar-refractivity contribution in [2.24, 2.45) is 5.73 Å². The van der Waals surface area contributed by atoms with Gasteiger partial charge in [0.15, 0.2) is 0 Å². The molecular weight excluding hydrogens is 312 g/mol. The number of nitrogens with zero attached hydrogens (tertiary/aromatic N) is 5. The van der Waals surface area contributed by atoms with Gasteiger partial charge in [0, 0.05) is 11.8 Å². The van der Waals surface area contributed by atoms with Gasteiger partial charge >= 0.3 is 0 Å². The van der Waals surface area contributed by atoms with Crippen molar-refractivity contribution in [3.8, 4) is 11.6 Å². The summed E-state index contributed by atoms with van der Waals surface area (Å²) in [4.78, 5) is 19.9. The van der Waals surface area contributed by atoms with Gasteiger partial charge in [-0.3, -0.25) is 10.0 Å². The van der Waals surface area contributed by atoms with Crippen molar-refractivity contribution < 1.29 is 14.7 Å². The lowest BCUT2D eigenvalue weighted by molar-refractivity contribution is -0.125. The SMILES string of the molecule is Cc1cnc2ncnn2c1Oc1ccc2c(c1)CC(N)C(=O)N2O. The number of aryl methyl sites for hydroxylation is 1. The van der Waals surface area contributed by atoms with E-state index >= 15 is 0 Å². The van der Waals surface area contributed by atoms with Crippen LogP contribution in [0.5, 0.6) is 11.6 Å². The number of nitrogens with two attached hydrogens (primary N) is 1. The predicted molar refractivity (Wildman–Crippen MR) is 83.0 cm³/mol. The predicted octanol–water partition coefficient (Wildman–Crippen LogP) is 0.831. The molecule has 0 spiro atoms. The van der Waals surface area contributed by atoms with E-state index in [2.05, 4.69) is 15.1 Å². The van der Waals surface area contributed by atoms with Gasteiger partial charge in [0.1, 0.15) is 12.1 Å². The third-order valence-corrected chi connectivity index (χ3v) is 3.89. The van der Waals surface area contributed by atoms with Gasteiger partial charge < -0.3 is 10.5 Å². The van der Waals surface area contributed by atoms with Crippen LogP contribution in [0.3, 0.4) is 0 Å². The Balaban J connectivity index is 1.73. The fourth-order valence-corrected chi connectivity index (χ4v) is 2.67. The summed E-state index contributed by atoms with van der Waals surface area (Å²) in [5, 5.41) is 14.6. The minimum absolute atomic E-state index is 0.330. The summed E-state index contributed by atoms with van der Waals surface area (Å²) in [6, 6.07) is 4.24. The maximum absolute atomic E-state index is 11.7. The number of rotatable bonds is 2. The average molecular weight is 326 g/mol. The third kappa shape index (κ3) is 2.18. The molecule has 2 aromatic heterocycles. The Hall–Kier alpha value is -3.04. The van der Waals surface area contributed by atoms with Gasteiger partial charge in [0.25, 0.3) is 11.7 Å². The van der Waals surface area contributed by atoms with Crippen LogP contribution in [0, 0.1) is 6.92 Å². The fourth-order valence-electron chi connectivity index (χ4n) is 2.67. The molecule has 4 rings (SSSR count). The molecule has 1 atom stereocenters. The summed E-state index contributed by atoms with van der Waals surface area (Å²) in [7, 11) is 0. The molecule has 3 heterocycles. The summed E-state index contributed by atoms with van der Waals surface area (Å²) in [5.74, 6) is 0.942. The Morgan fingerprint density at radius 2 is 2.21 bits per heavy atom. The van der Waals surface area contributed by atoms with Crippen LogP contribution in [-0.2, 0) is 11.2 Å². The number of ether oxygens (including phenoxy) is 1. The van der Waals surface area contributed by atoms with Crippen LogP contribution in [0.2, 0.25) is 0 Å². The number of benzene rings is 1. The number of carbonyl (C=O) groups excluding carboxylic acids is 1. The van der Waals surface area contributed by atoms with Crippen LogP contribution >= 0.6 is 0 Å². The highest BCUT2D eigenvalue weighted by Gasteiger charge is 2.30. The minimum atomic E-state index is -0.776. The van der Waals surface area contributed by atoms with Gasteiger partial charge in [-0.05, 0) is 37.1 Å². The highest BCUT2D eigenvalue weighted by Crippen LogP contribution is 2.32. The molecule has 0 aliphatic carbocycles. The average Bonchev–Trinajstić information content (AvgIpc) is 3.04. The number of fused-ring (bicyclic) bond motifs is 2. The number of aromatic nitrogens is 4. The van der Waals surface area contributed by atoms with Crippen molar-refractivity contribution >= 4 is 17.4 Å². The van der Waals surface area contributed by atoms with Crippen molar-refractivity contribution in [2.45, 2.75) is 19.4 Å². The van der Waals surface area contributed by atoms with E-state index in [1.807, 2.05) is 6.92 Å². The second-order valence-corrected chi connectivity index (χ2v) is 5.57.